The molecule has 192 valence electrons. The van der Waals surface area contributed by atoms with Crippen molar-refractivity contribution in [3.05, 3.63) is 70.2 Å². The Balaban J connectivity index is 1.61. The number of halogens is 1. The highest BCUT2D eigenvalue weighted by molar-refractivity contribution is 7.98. The van der Waals surface area contributed by atoms with Crippen molar-refractivity contribution in [2.45, 2.75) is 38.6 Å². The normalized spacial score (nSPS) is 20.5. The van der Waals surface area contributed by atoms with Crippen LogP contribution in [0.2, 0.25) is 5.02 Å². The van der Waals surface area contributed by atoms with Crippen LogP contribution in [0.3, 0.4) is 0 Å². The zero-order valence-corrected chi connectivity index (χ0v) is 22.4. The molecule has 4 rings (SSSR count). The minimum Gasteiger partial charge on any atom is -0.333 e. The predicted molar refractivity (Wildman–Crippen MR) is 142 cm³/mol. The second-order valence-corrected chi connectivity index (χ2v) is 10.6. The molecule has 1 N–H and O–H groups in total. The number of carbonyl (C=O) groups excluding carboxylic acids is 3. The number of aryl methyl sites for hydroxylation is 1. The molecule has 36 heavy (non-hydrogen) atoms. The molecule has 2 heterocycles. The number of carbonyl (C=O) groups is 3. The Hall–Kier alpha value is -2.75. The molecule has 8 nitrogen and oxygen atoms in total. The highest BCUT2D eigenvalue weighted by atomic mass is 35.5. The first kappa shape index (κ1) is 26.3. The molecular weight excluding hydrogens is 498 g/mol. The summed E-state index contributed by atoms with van der Waals surface area (Å²) < 4.78 is 0. The van der Waals surface area contributed by atoms with E-state index in [0.29, 0.717) is 24.5 Å². The summed E-state index contributed by atoms with van der Waals surface area (Å²) in [6.07, 6.45) is 1.90. The average molecular weight is 530 g/mol. The van der Waals surface area contributed by atoms with Gasteiger partial charge in [0.1, 0.15) is 12.2 Å². The van der Waals surface area contributed by atoms with E-state index in [1.165, 1.54) is 0 Å². The van der Waals surface area contributed by atoms with Crippen LogP contribution in [-0.2, 0) is 22.7 Å². The van der Waals surface area contributed by atoms with Crippen LogP contribution in [0.1, 0.15) is 23.1 Å². The number of hydrazine groups is 1. The number of rotatable bonds is 7. The number of piperazine rings is 1. The van der Waals surface area contributed by atoms with E-state index in [-0.39, 0.29) is 30.9 Å². The zero-order chi connectivity index (χ0) is 25.8. The molecule has 0 saturated carbocycles. The summed E-state index contributed by atoms with van der Waals surface area (Å²) in [5, 5.41) is 6.85. The minimum atomic E-state index is -0.622. The molecule has 2 aliphatic heterocycles. The van der Waals surface area contributed by atoms with Crippen LogP contribution in [-0.4, -0.2) is 82.0 Å². The molecule has 0 spiro atoms. The third-order valence-corrected chi connectivity index (χ3v) is 7.69. The quantitative estimate of drug-likeness (QED) is 0.595. The number of amides is 4. The third kappa shape index (κ3) is 5.63. The molecule has 2 saturated heterocycles. The standard InChI is InChI=1S/C26H32ClN5O3S/c1-18-9-10-20(13-21(18)27)15-30-16-23-31(22(25(30)34)11-12-36-3)24(33)17-29(2)32(23)26(35)28-14-19-7-5-4-6-8-19/h4-10,13,22-23H,11-12,14-17H2,1-3H3,(H,28,35)/t22-,23?/m0/s1. The monoisotopic (exact) mass is 529 g/mol. The summed E-state index contributed by atoms with van der Waals surface area (Å²) in [5.74, 6) is 0.485. The molecule has 0 bridgehead atoms. The molecule has 0 radical (unpaired) electrons. The van der Waals surface area contributed by atoms with Crippen LogP contribution < -0.4 is 5.32 Å². The van der Waals surface area contributed by atoms with E-state index < -0.39 is 12.2 Å². The van der Waals surface area contributed by atoms with Gasteiger partial charge in [-0.1, -0.05) is 54.1 Å². The number of likely N-dealkylation sites (N-methyl/N-ethyl adjacent to an activating group) is 1. The van der Waals surface area contributed by atoms with Crippen molar-refractivity contribution < 1.29 is 14.4 Å². The molecule has 10 heteroatoms. The van der Waals surface area contributed by atoms with Gasteiger partial charge in [0.15, 0.2) is 0 Å². The highest BCUT2D eigenvalue weighted by Crippen LogP contribution is 2.29. The van der Waals surface area contributed by atoms with Gasteiger partial charge >= 0.3 is 6.03 Å². The SMILES string of the molecule is CSCC[C@H]1C(=O)N(Cc2ccc(C)c(Cl)c2)CC2N1C(=O)CN(C)N2C(=O)NCc1ccccc1. The van der Waals surface area contributed by atoms with E-state index in [1.54, 1.807) is 38.6 Å². The molecule has 2 aromatic rings. The molecule has 0 aliphatic carbocycles. The Morgan fingerprint density at radius 2 is 1.89 bits per heavy atom. The lowest BCUT2D eigenvalue weighted by Crippen LogP contribution is -2.75. The zero-order valence-electron chi connectivity index (χ0n) is 20.8. The smallest absolute Gasteiger partial charge is 0.333 e. The fraction of sp³-hybridized carbons (Fsp3) is 0.423. The van der Waals surface area contributed by atoms with Gasteiger partial charge in [-0.25, -0.2) is 14.8 Å². The third-order valence-electron chi connectivity index (χ3n) is 6.64. The number of thioether (sulfide) groups is 1. The van der Waals surface area contributed by atoms with Crippen molar-refractivity contribution in [2.24, 2.45) is 0 Å². The molecule has 2 aromatic carbocycles. The number of nitrogens with one attached hydrogen (secondary N) is 1. The van der Waals surface area contributed by atoms with Gasteiger partial charge < -0.3 is 15.1 Å². The minimum absolute atomic E-state index is 0.0336. The first-order chi connectivity index (χ1) is 17.3. The molecule has 4 amide bonds. The van der Waals surface area contributed by atoms with Gasteiger partial charge in [0, 0.05) is 25.2 Å². The largest absolute Gasteiger partial charge is 0.334 e. The van der Waals surface area contributed by atoms with Crippen LogP contribution in [0.15, 0.2) is 48.5 Å². The van der Waals surface area contributed by atoms with E-state index >= 15 is 0 Å². The van der Waals surface area contributed by atoms with Gasteiger partial charge in [-0.05, 0) is 48.1 Å². The van der Waals surface area contributed by atoms with Gasteiger partial charge in [0.25, 0.3) is 0 Å². The molecule has 2 aliphatic rings. The maximum Gasteiger partial charge on any atom is 0.334 e. The lowest BCUT2D eigenvalue weighted by molar-refractivity contribution is -0.187. The first-order valence-corrected chi connectivity index (χ1v) is 13.7. The lowest BCUT2D eigenvalue weighted by atomic mass is 10.0. The van der Waals surface area contributed by atoms with Gasteiger partial charge in [-0.2, -0.15) is 11.8 Å². The Labute approximate surface area is 221 Å². The van der Waals surface area contributed by atoms with Crippen LogP contribution in [0, 0.1) is 6.92 Å². The molecule has 1 unspecified atom stereocenters. The van der Waals surface area contributed by atoms with Crippen molar-refractivity contribution in [1.82, 2.24) is 25.1 Å². The number of hydrogen-bond donors (Lipinski definition) is 1. The van der Waals surface area contributed by atoms with Crippen molar-refractivity contribution in [3.8, 4) is 0 Å². The van der Waals surface area contributed by atoms with Crippen molar-refractivity contribution in [3.63, 3.8) is 0 Å². The molecular formula is C26H32ClN5O3S. The van der Waals surface area contributed by atoms with E-state index in [9.17, 15) is 14.4 Å². The van der Waals surface area contributed by atoms with Gasteiger partial charge in [0.2, 0.25) is 11.8 Å². The van der Waals surface area contributed by atoms with E-state index in [4.69, 9.17) is 11.6 Å². The van der Waals surface area contributed by atoms with Crippen LogP contribution in [0.25, 0.3) is 0 Å². The van der Waals surface area contributed by atoms with Crippen LogP contribution >= 0.6 is 23.4 Å². The van der Waals surface area contributed by atoms with Crippen LogP contribution in [0.4, 0.5) is 4.79 Å². The first-order valence-electron chi connectivity index (χ1n) is 12.0. The number of nitrogens with zero attached hydrogens (tertiary/aromatic N) is 4. The highest BCUT2D eigenvalue weighted by Gasteiger charge is 2.50. The second-order valence-electron chi connectivity index (χ2n) is 9.19. The number of urea groups is 1. The Morgan fingerprint density at radius 1 is 1.14 bits per heavy atom. The number of hydrogen-bond acceptors (Lipinski definition) is 5. The van der Waals surface area contributed by atoms with Crippen molar-refractivity contribution in [1.29, 1.82) is 0 Å². The summed E-state index contributed by atoms with van der Waals surface area (Å²) in [5.41, 5.74) is 2.86. The summed E-state index contributed by atoms with van der Waals surface area (Å²) >= 11 is 7.97. The number of fused-ring (bicyclic) bond motifs is 1. The Morgan fingerprint density at radius 3 is 2.58 bits per heavy atom. The lowest BCUT2D eigenvalue weighted by Gasteiger charge is -2.54. The second kappa shape index (κ2) is 11.5. The maximum absolute atomic E-state index is 13.6. The summed E-state index contributed by atoms with van der Waals surface area (Å²) in [7, 11) is 1.73. The number of benzene rings is 2. The Kier molecular flexibility index (Phi) is 8.43. The van der Waals surface area contributed by atoms with Crippen LogP contribution in [0.5, 0.6) is 0 Å². The van der Waals surface area contributed by atoms with Gasteiger partial charge in [-0.3, -0.25) is 9.59 Å². The van der Waals surface area contributed by atoms with Gasteiger partial charge in [0.05, 0.1) is 13.1 Å². The molecule has 0 aromatic heterocycles. The van der Waals surface area contributed by atoms with E-state index in [2.05, 4.69) is 5.32 Å². The fourth-order valence-corrected chi connectivity index (χ4v) is 5.43. The predicted octanol–water partition coefficient (Wildman–Crippen LogP) is 3.34. The summed E-state index contributed by atoms with van der Waals surface area (Å²) in [4.78, 5) is 43.6. The van der Waals surface area contributed by atoms with Gasteiger partial charge in [-0.15, -0.1) is 0 Å². The summed E-state index contributed by atoms with van der Waals surface area (Å²) in [6.45, 7) is 2.91. The Bertz CT molecular complexity index is 1120. The van der Waals surface area contributed by atoms with E-state index in [1.807, 2.05) is 61.7 Å². The molecule has 2 atom stereocenters. The van der Waals surface area contributed by atoms with Crippen molar-refractivity contribution in [2.75, 3.05) is 32.1 Å². The van der Waals surface area contributed by atoms with E-state index in [0.717, 1.165) is 22.4 Å². The maximum atomic E-state index is 13.6. The average Bonchev–Trinajstić information content (AvgIpc) is 2.86. The van der Waals surface area contributed by atoms with Crippen molar-refractivity contribution >= 4 is 41.2 Å². The topological polar surface area (TPSA) is 76.2 Å². The fourth-order valence-electron chi connectivity index (χ4n) is 4.76. The molecule has 2 fully saturated rings. The summed E-state index contributed by atoms with van der Waals surface area (Å²) in [6, 6.07) is 14.5.